The molecule has 1 aromatic carbocycles. The van der Waals surface area contributed by atoms with Gasteiger partial charge >= 0.3 is 0 Å². The second kappa shape index (κ2) is 11.0. The van der Waals surface area contributed by atoms with Crippen molar-refractivity contribution in [3.8, 4) is 0 Å². The highest BCUT2D eigenvalue weighted by molar-refractivity contribution is 5.65. The monoisotopic (exact) mass is 312 g/mol. The number of rotatable bonds is 4. The maximum Gasteiger partial charge on any atom is -0.0227 e. The van der Waals surface area contributed by atoms with Gasteiger partial charge in [-0.3, -0.25) is 0 Å². The summed E-state index contributed by atoms with van der Waals surface area (Å²) < 4.78 is 0. The first kappa shape index (κ1) is 21.4. The van der Waals surface area contributed by atoms with Crippen LogP contribution < -0.4 is 0 Å². The van der Waals surface area contributed by atoms with E-state index in [-0.39, 0.29) is 0 Å². The number of hydrogen-bond acceptors (Lipinski definition) is 0. The lowest BCUT2D eigenvalue weighted by atomic mass is 9.82. The Kier molecular flexibility index (Phi) is 10.3. The molecular formula is C23H36. The molecule has 0 aromatic heterocycles. The summed E-state index contributed by atoms with van der Waals surface area (Å²) in [7, 11) is 0. The van der Waals surface area contributed by atoms with Crippen LogP contribution in [0.15, 0.2) is 53.6 Å². The predicted octanol–water partition coefficient (Wildman–Crippen LogP) is 7.24. The molecule has 0 radical (unpaired) electrons. The van der Waals surface area contributed by atoms with E-state index in [1.165, 1.54) is 36.0 Å². The Balaban J connectivity index is 0.000000414. The number of allylic oxidation sites excluding steroid dienone is 4. The van der Waals surface area contributed by atoms with Gasteiger partial charge in [0.05, 0.1) is 0 Å². The second-order valence-electron chi connectivity index (χ2n) is 5.77. The molecule has 0 aliphatic heterocycles. The molecule has 0 N–H and O–H groups in total. The zero-order valence-electron chi connectivity index (χ0n) is 16.5. The molecule has 0 bridgehead atoms. The van der Waals surface area contributed by atoms with Gasteiger partial charge in [-0.2, -0.15) is 0 Å². The highest BCUT2D eigenvalue weighted by atomic mass is 14.2. The molecule has 0 fully saturated rings. The molecule has 0 saturated heterocycles. The van der Waals surface area contributed by atoms with Crippen molar-refractivity contribution < 1.29 is 0 Å². The van der Waals surface area contributed by atoms with Crippen molar-refractivity contribution in [2.45, 2.75) is 74.1 Å². The van der Waals surface area contributed by atoms with Crippen molar-refractivity contribution >= 4 is 0 Å². The van der Waals surface area contributed by atoms with Gasteiger partial charge in [-0.1, -0.05) is 72.4 Å². The van der Waals surface area contributed by atoms with Crippen LogP contribution in [0.25, 0.3) is 0 Å². The summed E-state index contributed by atoms with van der Waals surface area (Å²) in [4.78, 5) is 0. The maximum absolute atomic E-state index is 3.82. The molecule has 23 heavy (non-hydrogen) atoms. The van der Waals surface area contributed by atoms with Crippen molar-refractivity contribution in [3.63, 3.8) is 0 Å². The summed E-state index contributed by atoms with van der Waals surface area (Å²) in [6.45, 7) is 22.5. The van der Waals surface area contributed by atoms with Gasteiger partial charge in [0.25, 0.3) is 0 Å². The Hall–Kier alpha value is -1.56. The minimum absolute atomic E-state index is 1.13. The Morgan fingerprint density at radius 3 is 1.65 bits per heavy atom. The summed E-state index contributed by atoms with van der Waals surface area (Å²) in [6.07, 6.45) is 4.80. The Morgan fingerprint density at radius 2 is 1.30 bits per heavy atom. The highest BCUT2D eigenvalue weighted by Crippen LogP contribution is 2.35. The molecule has 1 aliphatic carbocycles. The van der Waals surface area contributed by atoms with Gasteiger partial charge in [0, 0.05) is 0 Å². The SMILES string of the molecule is C=C1C(=C)C(C)=C1C.CC.CCCc1ccc(CC)cc1CC. The van der Waals surface area contributed by atoms with E-state index >= 15 is 0 Å². The topological polar surface area (TPSA) is 0 Å². The van der Waals surface area contributed by atoms with Crippen molar-refractivity contribution in [2.24, 2.45) is 0 Å². The minimum Gasteiger partial charge on any atom is -0.0909 e. The lowest BCUT2D eigenvalue weighted by molar-refractivity contribution is 0.896. The van der Waals surface area contributed by atoms with Gasteiger partial charge in [-0.25, -0.2) is 0 Å². The normalized spacial score (nSPS) is 12.8. The van der Waals surface area contributed by atoms with Crippen LogP contribution in [-0.2, 0) is 19.3 Å². The Morgan fingerprint density at radius 1 is 0.783 bits per heavy atom. The second-order valence-corrected chi connectivity index (χ2v) is 5.77. The first-order chi connectivity index (χ1) is 11.0. The molecule has 128 valence electrons. The standard InChI is InChI=1S/C13H20.C8H10.C2H6/c1-4-7-13-9-8-11(5-2)10-12(13)6-3;1-5-6(2)8(4)7(5)3;1-2/h8-10H,4-7H2,1-3H3;1-2H2,3-4H3;1-2H3. The van der Waals surface area contributed by atoms with E-state index in [1.807, 2.05) is 13.8 Å². The van der Waals surface area contributed by atoms with Crippen LogP contribution in [0.3, 0.4) is 0 Å². The molecule has 0 heterocycles. The molecule has 0 atom stereocenters. The third-order valence-corrected chi connectivity index (χ3v) is 4.41. The number of benzene rings is 1. The molecule has 1 aromatic rings. The van der Waals surface area contributed by atoms with Crippen LogP contribution in [0.5, 0.6) is 0 Å². The van der Waals surface area contributed by atoms with Crippen molar-refractivity contribution in [2.75, 3.05) is 0 Å². The van der Waals surface area contributed by atoms with Crippen LogP contribution in [0.2, 0.25) is 0 Å². The summed E-state index contributed by atoms with van der Waals surface area (Å²) in [5.41, 5.74) is 9.44. The molecule has 1 aliphatic rings. The maximum atomic E-state index is 3.82. The van der Waals surface area contributed by atoms with Crippen molar-refractivity contribution in [3.05, 3.63) is 70.3 Å². The highest BCUT2D eigenvalue weighted by Gasteiger charge is 2.16. The Labute approximate surface area is 145 Å². The smallest absolute Gasteiger partial charge is 0.0227 e. The largest absolute Gasteiger partial charge is 0.0909 e. The zero-order valence-corrected chi connectivity index (χ0v) is 16.5. The molecule has 0 unspecified atom stereocenters. The number of hydrogen-bond donors (Lipinski definition) is 0. The van der Waals surface area contributed by atoms with Gasteiger partial charge in [-0.05, 0) is 72.1 Å². The quantitative estimate of drug-likeness (QED) is 0.549. The molecule has 0 saturated carbocycles. The van der Waals surface area contributed by atoms with Crippen LogP contribution in [-0.4, -0.2) is 0 Å². The molecule has 0 heteroatoms. The minimum atomic E-state index is 1.13. The van der Waals surface area contributed by atoms with Gasteiger partial charge in [-0.15, -0.1) is 0 Å². The van der Waals surface area contributed by atoms with E-state index in [0.29, 0.717) is 0 Å². The Bertz CT molecular complexity index is 533. The third-order valence-electron chi connectivity index (χ3n) is 4.41. The van der Waals surface area contributed by atoms with E-state index in [4.69, 9.17) is 0 Å². The lowest BCUT2D eigenvalue weighted by Crippen LogP contribution is -2.04. The molecule has 0 spiro atoms. The van der Waals surface area contributed by atoms with Crippen LogP contribution in [0, 0.1) is 0 Å². The molecule has 0 amide bonds. The summed E-state index contributed by atoms with van der Waals surface area (Å²) in [5, 5.41) is 0. The molecule has 0 nitrogen and oxygen atoms in total. The zero-order chi connectivity index (χ0) is 18.0. The number of aryl methyl sites for hydroxylation is 3. The van der Waals surface area contributed by atoms with Crippen LogP contribution in [0.1, 0.15) is 71.6 Å². The van der Waals surface area contributed by atoms with Gasteiger partial charge in [0.2, 0.25) is 0 Å². The fourth-order valence-corrected chi connectivity index (χ4v) is 2.58. The fourth-order valence-electron chi connectivity index (χ4n) is 2.58. The van der Waals surface area contributed by atoms with Gasteiger partial charge in [0.15, 0.2) is 0 Å². The molecule has 2 rings (SSSR count). The van der Waals surface area contributed by atoms with E-state index in [0.717, 1.165) is 17.6 Å². The van der Waals surface area contributed by atoms with E-state index in [2.05, 4.69) is 66.0 Å². The van der Waals surface area contributed by atoms with Gasteiger partial charge in [0.1, 0.15) is 0 Å². The van der Waals surface area contributed by atoms with Crippen LogP contribution in [0.4, 0.5) is 0 Å². The fraction of sp³-hybridized carbons (Fsp3) is 0.478. The van der Waals surface area contributed by atoms with E-state index in [9.17, 15) is 0 Å². The van der Waals surface area contributed by atoms with E-state index < -0.39 is 0 Å². The van der Waals surface area contributed by atoms with Crippen LogP contribution >= 0.6 is 0 Å². The average molecular weight is 313 g/mol. The summed E-state index contributed by atoms with van der Waals surface area (Å²) in [5.74, 6) is 0. The van der Waals surface area contributed by atoms with Gasteiger partial charge < -0.3 is 0 Å². The first-order valence-electron chi connectivity index (χ1n) is 9.13. The lowest BCUT2D eigenvalue weighted by Gasteiger charge is -2.23. The van der Waals surface area contributed by atoms with E-state index in [1.54, 1.807) is 11.1 Å². The first-order valence-corrected chi connectivity index (χ1v) is 9.13. The van der Waals surface area contributed by atoms with Crippen molar-refractivity contribution in [1.29, 1.82) is 0 Å². The predicted molar refractivity (Wildman–Crippen MR) is 107 cm³/mol. The summed E-state index contributed by atoms with van der Waals surface area (Å²) in [6, 6.07) is 6.94. The van der Waals surface area contributed by atoms with Crippen molar-refractivity contribution in [1.82, 2.24) is 0 Å². The molecular weight excluding hydrogens is 276 g/mol. The average Bonchev–Trinajstić information content (AvgIpc) is 2.62. The third kappa shape index (κ3) is 5.86. The summed E-state index contributed by atoms with van der Waals surface area (Å²) >= 11 is 0.